The number of hydrogen-bond acceptors (Lipinski definition) is 3. The Hall–Kier alpha value is -1.06. The first kappa shape index (κ1) is 14.4. The summed E-state index contributed by atoms with van der Waals surface area (Å²) >= 11 is 0. The van der Waals surface area contributed by atoms with Crippen LogP contribution in [0, 0.1) is 5.92 Å². The summed E-state index contributed by atoms with van der Waals surface area (Å²) in [4.78, 5) is 2.38. The molecule has 1 saturated heterocycles. The first-order chi connectivity index (χ1) is 9.13. The average molecular weight is 262 g/mol. The standard InChI is InChI=1S/C16H26N2O/c1-12(2)17-10-14-6-4-5-7-15(14)18-9-8-13(3)16(18)11-19/h4-7,12-13,16-17,19H,8-11H2,1-3H3. The molecule has 2 atom stereocenters. The number of rotatable bonds is 5. The van der Waals surface area contributed by atoms with Crippen molar-refractivity contribution >= 4 is 5.69 Å². The molecule has 1 aliphatic rings. The fourth-order valence-electron chi connectivity index (χ4n) is 2.84. The van der Waals surface area contributed by atoms with Crippen LogP contribution in [0.25, 0.3) is 0 Å². The molecule has 2 unspecified atom stereocenters. The van der Waals surface area contributed by atoms with Gasteiger partial charge in [-0.05, 0) is 24.0 Å². The van der Waals surface area contributed by atoms with Crippen molar-refractivity contribution in [2.24, 2.45) is 5.92 Å². The zero-order valence-corrected chi connectivity index (χ0v) is 12.3. The van der Waals surface area contributed by atoms with Crippen molar-refractivity contribution in [3.8, 4) is 0 Å². The lowest BCUT2D eigenvalue weighted by Gasteiger charge is -2.29. The van der Waals surface area contributed by atoms with Crippen molar-refractivity contribution in [2.75, 3.05) is 18.1 Å². The van der Waals surface area contributed by atoms with Crippen LogP contribution in [0.2, 0.25) is 0 Å². The fraction of sp³-hybridized carbons (Fsp3) is 0.625. The van der Waals surface area contributed by atoms with Gasteiger partial charge in [-0.1, -0.05) is 39.0 Å². The average Bonchev–Trinajstić information content (AvgIpc) is 2.77. The molecule has 3 nitrogen and oxygen atoms in total. The Morgan fingerprint density at radius 2 is 2.11 bits per heavy atom. The predicted molar refractivity (Wildman–Crippen MR) is 80.4 cm³/mol. The first-order valence-corrected chi connectivity index (χ1v) is 7.32. The third-order valence-electron chi connectivity index (χ3n) is 4.07. The lowest BCUT2D eigenvalue weighted by atomic mass is 10.0. The van der Waals surface area contributed by atoms with Crippen molar-refractivity contribution in [2.45, 2.75) is 45.8 Å². The molecular formula is C16H26N2O. The first-order valence-electron chi connectivity index (χ1n) is 7.32. The summed E-state index contributed by atoms with van der Waals surface area (Å²) in [5.41, 5.74) is 2.60. The van der Waals surface area contributed by atoms with E-state index in [4.69, 9.17) is 0 Å². The van der Waals surface area contributed by atoms with Gasteiger partial charge in [-0.3, -0.25) is 0 Å². The maximum absolute atomic E-state index is 9.62. The molecular weight excluding hydrogens is 236 g/mol. The van der Waals surface area contributed by atoms with Gasteiger partial charge in [0.05, 0.1) is 12.6 Å². The Bertz CT molecular complexity index is 405. The molecule has 1 heterocycles. The van der Waals surface area contributed by atoms with E-state index >= 15 is 0 Å². The van der Waals surface area contributed by atoms with Gasteiger partial charge in [0, 0.05) is 24.8 Å². The van der Waals surface area contributed by atoms with Crippen molar-refractivity contribution < 1.29 is 5.11 Å². The molecule has 0 saturated carbocycles. The van der Waals surface area contributed by atoms with Gasteiger partial charge in [0.25, 0.3) is 0 Å². The number of aliphatic hydroxyl groups is 1. The number of aliphatic hydroxyl groups excluding tert-OH is 1. The monoisotopic (exact) mass is 262 g/mol. The summed E-state index contributed by atoms with van der Waals surface area (Å²) in [5, 5.41) is 13.1. The van der Waals surface area contributed by atoms with Gasteiger partial charge >= 0.3 is 0 Å². The van der Waals surface area contributed by atoms with E-state index in [0.29, 0.717) is 12.0 Å². The number of hydrogen-bond donors (Lipinski definition) is 2. The molecule has 1 aromatic carbocycles. The van der Waals surface area contributed by atoms with Gasteiger partial charge in [-0.2, -0.15) is 0 Å². The number of anilines is 1. The van der Waals surface area contributed by atoms with Crippen molar-refractivity contribution in [1.82, 2.24) is 5.32 Å². The molecule has 2 N–H and O–H groups in total. The van der Waals surface area contributed by atoms with E-state index < -0.39 is 0 Å². The van der Waals surface area contributed by atoms with Gasteiger partial charge in [0.15, 0.2) is 0 Å². The van der Waals surface area contributed by atoms with E-state index in [-0.39, 0.29) is 12.6 Å². The number of nitrogens with zero attached hydrogens (tertiary/aromatic N) is 1. The van der Waals surface area contributed by atoms with Crippen LogP contribution < -0.4 is 10.2 Å². The lowest BCUT2D eigenvalue weighted by Crippen LogP contribution is -2.36. The Labute approximate surface area is 116 Å². The second-order valence-electron chi connectivity index (χ2n) is 5.87. The fourth-order valence-corrected chi connectivity index (χ4v) is 2.84. The van der Waals surface area contributed by atoms with Crippen LogP contribution in [0.3, 0.4) is 0 Å². The molecule has 0 bridgehead atoms. The summed E-state index contributed by atoms with van der Waals surface area (Å²) in [5.74, 6) is 0.566. The van der Waals surface area contributed by atoms with Gasteiger partial charge in [0.2, 0.25) is 0 Å². The maximum Gasteiger partial charge on any atom is 0.0637 e. The third-order valence-corrected chi connectivity index (χ3v) is 4.07. The van der Waals surface area contributed by atoms with Gasteiger partial charge in [-0.25, -0.2) is 0 Å². The number of para-hydroxylation sites is 1. The Morgan fingerprint density at radius 1 is 1.37 bits per heavy atom. The predicted octanol–water partition coefficient (Wildman–Crippen LogP) is 2.39. The molecule has 1 fully saturated rings. The second-order valence-corrected chi connectivity index (χ2v) is 5.87. The van der Waals surface area contributed by atoms with Gasteiger partial charge < -0.3 is 15.3 Å². The molecule has 0 aromatic heterocycles. The Morgan fingerprint density at radius 3 is 2.79 bits per heavy atom. The smallest absolute Gasteiger partial charge is 0.0637 e. The van der Waals surface area contributed by atoms with E-state index in [9.17, 15) is 5.11 Å². The van der Waals surface area contributed by atoms with Crippen molar-refractivity contribution in [3.63, 3.8) is 0 Å². The third kappa shape index (κ3) is 3.28. The highest BCUT2D eigenvalue weighted by Crippen LogP contribution is 2.31. The Balaban J connectivity index is 2.19. The minimum absolute atomic E-state index is 0.243. The summed E-state index contributed by atoms with van der Waals surface area (Å²) in [7, 11) is 0. The normalized spacial score (nSPS) is 23.3. The molecule has 0 radical (unpaired) electrons. The zero-order chi connectivity index (χ0) is 13.8. The summed E-state index contributed by atoms with van der Waals surface area (Å²) < 4.78 is 0. The second kappa shape index (κ2) is 6.40. The largest absolute Gasteiger partial charge is 0.394 e. The van der Waals surface area contributed by atoms with Gasteiger partial charge in [-0.15, -0.1) is 0 Å². The van der Waals surface area contributed by atoms with Crippen LogP contribution in [-0.4, -0.2) is 30.3 Å². The van der Waals surface area contributed by atoms with E-state index in [1.807, 2.05) is 0 Å². The van der Waals surface area contributed by atoms with E-state index in [0.717, 1.165) is 19.5 Å². The molecule has 0 spiro atoms. The molecule has 106 valence electrons. The number of nitrogens with one attached hydrogen (secondary N) is 1. The van der Waals surface area contributed by atoms with Crippen molar-refractivity contribution in [1.29, 1.82) is 0 Å². The zero-order valence-electron chi connectivity index (χ0n) is 12.3. The molecule has 0 amide bonds. The van der Waals surface area contributed by atoms with Crippen LogP contribution in [0.15, 0.2) is 24.3 Å². The molecule has 1 aromatic rings. The topological polar surface area (TPSA) is 35.5 Å². The number of benzene rings is 1. The minimum Gasteiger partial charge on any atom is -0.394 e. The summed E-state index contributed by atoms with van der Waals surface area (Å²) in [6, 6.07) is 9.29. The maximum atomic E-state index is 9.62. The van der Waals surface area contributed by atoms with Crippen LogP contribution >= 0.6 is 0 Å². The van der Waals surface area contributed by atoms with Crippen LogP contribution in [0.1, 0.15) is 32.8 Å². The molecule has 1 aliphatic heterocycles. The highest BCUT2D eigenvalue weighted by molar-refractivity contribution is 5.55. The molecule has 2 rings (SSSR count). The molecule has 19 heavy (non-hydrogen) atoms. The van der Waals surface area contributed by atoms with Crippen molar-refractivity contribution in [3.05, 3.63) is 29.8 Å². The molecule has 3 heteroatoms. The highest BCUT2D eigenvalue weighted by Gasteiger charge is 2.31. The quantitative estimate of drug-likeness (QED) is 0.855. The Kier molecular flexibility index (Phi) is 4.83. The lowest BCUT2D eigenvalue weighted by molar-refractivity contribution is 0.244. The van der Waals surface area contributed by atoms with E-state index in [1.54, 1.807) is 0 Å². The minimum atomic E-state index is 0.243. The SMILES string of the molecule is CC(C)NCc1ccccc1N1CCC(C)C1CO. The van der Waals surface area contributed by atoms with Crippen LogP contribution in [-0.2, 0) is 6.54 Å². The van der Waals surface area contributed by atoms with Crippen LogP contribution in [0.5, 0.6) is 0 Å². The van der Waals surface area contributed by atoms with Gasteiger partial charge in [0.1, 0.15) is 0 Å². The van der Waals surface area contributed by atoms with Crippen LogP contribution in [0.4, 0.5) is 5.69 Å². The highest BCUT2D eigenvalue weighted by atomic mass is 16.3. The van der Waals surface area contributed by atoms with E-state index in [1.165, 1.54) is 11.3 Å². The summed E-state index contributed by atoms with van der Waals surface area (Å²) in [6.07, 6.45) is 1.16. The molecule has 0 aliphatic carbocycles. The summed E-state index contributed by atoms with van der Waals surface area (Å²) in [6.45, 7) is 8.74. The van der Waals surface area contributed by atoms with E-state index in [2.05, 4.69) is 55.3 Å².